The first-order valence-electron chi connectivity index (χ1n) is 18.1. The van der Waals surface area contributed by atoms with Gasteiger partial charge in [0.2, 0.25) is 15.9 Å². The summed E-state index contributed by atoms with van der Waals surface area (Å²) in [4.78, 5) is 38.1. The smallest absolute Gasteiger partial charge is 0.407 e. The predicted molar refractivity (Wildman–Crippen MR) is 213 cm³/mol. The third-order valence-corrected chi connectivity index (χ3v) is 11.3. The molecule has 16 heteroatoms. The largest absolute Gasteiger partial charge is 0.444 e. The van der Waals surface area contributed by atoms with Crippen molar-refractivity contribution in [3.05, 3.63) is 104 Å². The van der Waals surface area contributed by atoms with Crippen LogP contribution in [0.5, 0.6) is 0 Å². The number of alkyl carbamates (subject to hydrolysis) is 1. The standard InChI is InChI=1S/C38H53N7O6S3/c1-27(2)36-42-32(25-52-36)23-45(3)37(47)44-34(19-20-40-54(4,49)50)35(46)41-31(21-29-13-9-6-10-14-29)18-17-30(16-15-28-11-7-5-8-12-28)43-38(48)51-24-33-22-39-26-53-33/h5-14,22,25-27,30-31,34,37,40,44,47H,15-21,23-24H2,1-4H3,(H,41,46)(H,43,48). The number of nitrogens with zero attached hydrogens (tertiary/aromatic N) is 3. The summed E-state index contributed by atoms with van der Waals surface area (Å²) >= 11 is 2.97. The number of aromatic nitrogens is 2. The molecule has 0 aliphatic heterocycles. The number of rotatable bonds is 23. The highest BCUT2D eigenvalue weighted by Gasteiger charge is 2.27. The minimum atomic E-state index is -3.51. The molecule has 0 saturated carbocycles. The molecule has 13 nitrogen and oxygen atoms in total. The van der Waals surface area contributed by atoms with Crippen LogP contribution >= 0.6 is 22.7 Å². The summed E-state index contributed by atoms with van der Waals surface area (Å²) in [7, 11) is -1.79. The maximum absolute atomic E-state index is 14.0. The molecule has 54 heavy (non-hydrogen) atoms. The number of hydrogen-bond donors (Lipinski definition) is 5. The molecular formula is C38H53N7O6S3. The molecule has 4 aromatic rings. The van der Waals surface area contributed by atoms with Gasteiger partial charge in [-0.15, -0.1) is 22.7 Å². The molecular weight excluding hydrogens is 747 g/mol. The molecule has 2 amide bonds. The lowest BCUT2D eigenvalue weighted by molar-refractivity contribution is -0.126. The number of sulfonamides is 1. The van der Waals surface area contributed by atoms with E-state index in [9.17, 15) is 23.1 Å². The molecule has 0 spiro atoms. The highest BCUT2D eigenvalue weighted by Crippen LogP contribution is 2.20. The number of aliphatic hydroxyl groups excluding tert-OH is 1. The summed E-state index contributed by atoms with van der Waals surface area (Å²) in [5, 5.41) is 23.4. The average molecular weight is 800 g/mol. The fraction of sp³-hybridized carbons (Fsp3) is 0.474. The Balaban J connectivity index is 1.47. The van der Waals surface area contributed by atoms with Crippen molar-refractivity contribution >= 4 is 44.7 Å². The Labute approximate surface area is 327 Å². The number of aliphatic hydroxyl groups is 1. The van der Waals surface area contributed by atoms with E-state index in [0.717, 1.165) is 39.4 Å². The average Bonchev–Trinajstić information content (AvgIpc) is 3.84. The Morgan fingerprint density at radius 3 is 2.24 bits per heavy atom. The van der Waals surface area contributed by atoms with Crippen LogP contribution in [0, 0.1) is 0 Å². The molecule has 0 aliphatic rings. The third-order valence-electron chi connectivity index (χ3n) is 8.67. The molecule has 5 N–H and O–H groups in total. The van der Waals surface area contributed by atoms with Crippen LogP contribution in [0.2, 0.25) is 0 Å². The molecule has 4 unspecified atom stereocenters. The van der Waals surface area contributed by atoms with Crippen LogP contribution < -0.4 is 20.7 Å². The molecule has 0 bridgehead atoms. The summed E-state index contributed by atoms with van der Waals surface area (Å²) in [6.07, 6.45) is 4.05. The number of thiazole rings is 2. The Morgan fingerprint density at radius 2 is 1.61 bits per heavy atom. The topological polar surface area (TPSA) is 175 Å². The predicted octanol–water partition coefficient (Wildman–Crippen LogP) is 4.76. The van der Waals surface area contributed by atoms with Crippen LogP contribution in [0.25, 0.3) is 0 Å². The van der Waals surface area contributed by atoms with Crippen LogP contribution in [0.4, 0.5) is 4.79 Å². The van der Waals surface area contributed by atoms with E-state index in [1.54, 1.807) is 35.0 Å². The summed E-state index contributed by atoms with van der Waals surface area (Å²) in [6.45, 7) is 4.60. The zero-order valence-electron chi connectivity index (χ0n) is 31.3. The van der Waals surface area contributed by atoms with Gasteiger partial charge in [0.1, 0.15) is 6.61 Å². The number of carbonyl (C=O) groups is 2. The minimum Gasteiger partial charge on any atom is -0.444 e. The van der Waals surface area contributed by atoms with E-state index in [2.05, 4.69) is 56.6 Å². The number of benzene rings is 2. The second kappa shape index (κ2) is 21.9. The van der Waals surface area contributed by atoms with Crippen molar-refractivity contribution in [1.82, 2.24) is 35.5 Å². The molecule has 2 aromatic carbocycles. The van der Waals surface area contributed by atoms with E-state index < -0.39 is 28.5 Å². The lowest BCUT2D eigenvalue weighted by Crippen LogP contribution is -2.56. The van der Waals surface area contributed by atoms with Crippen molar-refractivity contribution < 1.29 is 27.9 Å². The van der Waals surface area contributed by atoms with Crippen LogP contribution in [0.3, 0.4) is 0 Å². The fourth-order valence-corrected chi connectivity index (χ4v) is 7.57. The molecule has 0 fully saturated rings. The maximum Gasteiger partial charge on any atom is 0.407 e. The van der Waals surface area contributed by atoms with Gasteiger partial charge in [0.15, 0.2) is 6.35 Å². The zero-order chi connectivity index (χ0) is 38.9. The van der Waals surface area contributed by atoms with Crippen molar-refractivity contribution in [1.29, 1.82) is 0 Å². The number of hydrogen-bond acceptors (Lipinski definition) is 12. The van der Waals surface area contributed by atoms with Gasteiger partial charge in [0.25, 0.3) is 0 Å². The van der Waals surface area contributed by atoms with E-state index in [1.165, 1.54) is 11.3 Å². The van der Waals surface area contributed by atoms with E-state index in [1.807, 2.05) is 53.9 Å². The summed E-state index contributed by atoms with van der Waals surface area (Å²) in [5.74, 6) is -0.0959. The lowest BCUT2D eigenvalue weighted by atomic mass is 9.96. The van der Waals surface area contributed by atoms with Crippen LogP contribution in [0.1, 0.15) is 72.2 Å². The molecule has 2 aromatic heterocycles. The molecule has 294 valence electrons. The number of amides is 2. The molecule has 4 rings (SSSR count). The first kappa shape index (κ1) is 43.0. The highest BCUT2D eigenvalue weighted by molar-refractivity contribution is 7.88. The van der Waals surface area contributed by atoms with Crippen LogP contribution in [-0.2, 0) is 45.5 Å². The van der Waals surface area contributed by atoms with Crippen LogP contribution in [0.15, 0.2) is 77.8 Å². The molecule has 0 aliphatic carbocycles. The number of aryl methyl sites for hydroxylation is 1. The van der Waals surface area contributed by atoms with Crippen molar-refractivity contribution in [2.24, 2.45) is 0 Å². The summed E-state index contributed by atoms with van der Waals surface area (Å²) in [5.41, 5.74) is 4.66. The molecule has 0 radical (unpaired) electrons. The normalized spacial score (nSPS) is 14.1. The lowest BCUT2D eigenvalue weighted by Gasteiger charge is -2.30. The number of nitrogens with one attached hydrogen (secondary N) is 4. The van der Waals surface area contributed by atoms with Gasteiger partial charge in [-0.05, 0) is 56.7 Å². The second-order valence-electron chi connectivity index (χ2n) is 13.7. The van der Waals surface area contributed by atoms with Crippen molar-refractivity contribution in [2.45, 2.75) is 95.9 Å². The Morgan fingerprint density at radius 1 is 0.926 bits per heavy atom. The maximum atomic E-state index is 14.0. The zero-order valence-corrected chi connectivity index (χ0v) is 33.8. The van der Waals surface area contributed by atoms with Gasteiger partial charge in [-0.3, -0.25) is 20.0 Å². The van der Waals surface area contributed by atoms with Gasteiger partial charge in [-0.25, -0.2) is 22.9 Å². The Hall–Kier alpha value is -3.77. The van der Waals surface area contributed by atoms with Gasteiger partial charge >= 0.3 is 6.09 Å². The number of ether oxygens (including phenoxy) is 1. The first-order valence-corrected chi connectivity index (χ1v) is 21.7. The minimum absolute atomic E-state index is 0.0112. The van der Waals surface area contributed by atoms with Crippen molar-refractivity contribution in [2.75, 3.05) is 19.8 Å². The van der Waals surface area contributed by atoms with Gasteiger partial charge < -0.3 is 20.5 Å². The third kappa shape index (κ3) is 15.9. The molecule has 0 saturated heterocycles. The monoisotopic (exact) mass is 799 g/mol. The van der Waals surface area contributed by atoms with E-state index in [0.29, 0.717) is 32.2 Å². The van der Waals surface area contributed by atoms with E-state index in [4.69, 9.17) is 4.74 Å². The quantitative estimate of drug-likeness (QED) is 0.0659. The molecule has 4 atom stereocenters. The number of carbonyl (C=O) groups excluding carboxylic acids is 2. The fourth-order valence-electron chi connectivity index (χ4n) is 5.75. The Bertz CT molecular complexity index is 1790. The van der Waals surface area contributed by atoms with E-state index >= 15 is 0 Å². The SMILES string of the molecule is CC(C)c1nc(CN(C)C(O)NC(CCNS(C)(=O)=O)C(=O)NC(CCC(CCc2ccccc2)NC(=O)OCc2cncs2)Cc2ccccc2)cs1. The van der Waals surface area contributed by atoms with E-state index in [-0.39, 0.29) is 43.5 Å². The van der Waals surface area contributed by atoms with Gasteiger partial charge in [0.05, 0.1) is 33.4 Å². The first-order chi connectivity index (χ1) is 25.8. The van der Waals surface area contributed by atoms with Crippen molar-refractivity contribution in [3.63, 3.8) is 0 Å². The summed E-state index contributed by atoms with van der Waals surface area (Å²) in [6, 6.07) is 18.3. The summed E-state index contributed by atoms with van der Waals surface area (Å²) < 4.78 is 31.7. The van der Waals surface area contributed by atoms with Gasteiger partial charge in [-0.2, -0.15) is 0 Å². The van der Waals surface area contributed by atoms with Gasteiger partial charge in [0, 0.05) is 42.7 Å². The highest BCUT2D eigenvalue weighted by atomic mass is 32.2. The molecule has 2 heterocycles. The Kier molecular flexibility index (Phi) is 17.5. The second-order valence-corrected chi connectivity index (χ2v) is 17.4. The van der Waals surface area contributed by atoms with Crippen molar-refractivity contribution in [3.8, 4) is 0 Å². The van der Waals surface area contributed by atoms with Crippen LogP contribution in [-0.4, -0.2) is 84.7 Å². The van der Waals surface area contributed by atoms with Gasteiger partial charge in [-0.1, -0.05) is 74.5 Å².